The average Bonchev–Trinajstić information content (AvgIpc) is 3.25. The third-order valence-electron chi connectivity index (χ3n) is 7.77. The fourth-order valence-electron chi connectivity index (χ4n) is 5.57. The number of pyridine rings is 2. The number of aliphatic hydroxyl groups excluding tert-OH is 1. The van der Waals surface area contributed by atoms with Gasteiger partial charge in [0.25, 0.3) is 5.56 Å². The van der Waals surface area contributed by atoms with Crippen LogP contribution in [0.3, 0.4) is 0 Å². The van der Waals surface area contributed by atoms with Gasteiger partial charge in [0.05, 0.1) is 29.0 Å². The van der Waals surface area contributed by atoms with Crippen molar-refractivity contribution in [3.8, 4) is 11.4 Å². The monoisotopic (exact) mass is 523 g/mol. The van der Waals surface area contributed by atoms with Crippen LogP contribution in [0.4, 0.5) is 4.39 Å². The van der Waals surface area contributed by atoms with E-state index in [4.69, 9.17) is 9.72 Å². The fraction of sp³-hybridized carbons (Fsp3) is 0.429. The summed E-state index contributed by atoms with van der Waals surface area (Å²) in [6.07, 6.45) is 0.415. The number of aliphatic hydroxyl groups is 2. The highest BCUT2D eigenvalue weighted by Gasteiger charge is 2.45. The van der Waals surface area contributed by atoms with Gasteiger partial charge in [-0.15, -0.1) is 0 Å². The highest BCUT2D eigenvalue weighted by Crippen LogP contribution is 2.40. The topological polar surface area (TPSA) is 122 Å². The van der Waals surface area contributed by atoms with Crippen LogP contribution in [-0.4, -0.2) is 55.7 Å². The number of rotatable bonds is 6. The number of fused-ring (bicyclic) bond motifs is 5. The Bertz CT molecular complexity index is 1560. The first-order valence-corrected chi connectivity index (χ1v) is 12.7. The van der Waals surface area contributed by atoms with Crippen molar-refractivity contribution in [2.45, 2.75) is 65.3 Å². The molecule has 0 fully saturated rings. The first kappa shape index (κ1) is 26.0. The van der Waals surface area contributed by atoms with Crippen molar-refractivity contribution in [1.82, 2.24) is 14.5 Å². The molecule has 0 radical (unpaired) electrons. The molecule has 2 aliphatic heterocycles. The molecule has 1 atom stereocenters. The Kier molecular flexibility index (Phi) is 6.35. The number of hydrogen-bond acceptors (Lipinski definition) is 7. The summed E-state index contributed by atoms with van der Waals surface area (Å²) in [5.74, 6) is -1.62. The summed E-state index contributed by atoms with van der Waals surface area (Å²) in [7, 11) is 0. The molecule has 10 heteroatoms. The van der Waals surface area contributed by atoms with Crippen LogP contribution in [0.1, 0.15) is 55.0 Å². The lowest BCUT2D eigenvalue weighted by molar-refractivity contribution is -0.172. The molecule has 0 spiro atoms. The molecule has 0 bridgehead atoms. The van der Waals surface area contributed by atoms with Crippen molar-refractivity contribution in [2.24, 2.45) is 0 Å². The van der Waals surface area contributed by atoms with Gasteiger partial charge < -0.3 is 24.4 Å². The van der Waals surface area contributed by atoms with E-state index < -0.39 is 29.9 Å². The Labute approximate surface area is 218 Å². The van der Waals surface area contributed by atoms with Gasteiger partial charge in [0, 0.05) is 35.2 Å². The Balaban J connectivity index is 1.72. The molecule has 5 rings (SSSR count). The van der Waals surface area contributed by atoms with Crippen LogP contribution in [0, 0.1) is 12.7 Å². The van der Waals surface area contributed by atoms with Gasteiger partial charge in [-0.2, -0.15) is 0 Å². The molecule has 4 heterocycles. The van der Waals surface area contributed by atoms with E-state index >= 15 is 0 Å². The number of carbonyl (C=O) groups excluding carboxylic acids is 2. The molecule has 38 heavy (non-hydrogen) atoms. The van der Waals surface area contributed by atoms with Crippen molar-refractivity contribution in [3.63, 3.8) is 0 Å². The van der Waals surface area contributed by atoms with E-state index in [9.17, 15) is 29.0 Å². The maximum Gasteiger partial charge on any atom is 0.343 e. The van der Waals surface area contributed by atoms with E-state index in [-0.39, 0.29) is 42.3 Å². The first-order valence-electron chi connectivity index (χ1n) is 12.7. The third kappa shape index (κ3) is 3.82. The second kappa shape index (κ2) is 9.28. The predicted molar refractivity (Wildman–Crippen MR) is 137 cm³/mol. The minimum Gasteiger partial charge on any atom is -0.458 e. The minimum absolute atomic E-state index is 0.0272. The average molecular weight is 524 g/mol. The van der Waals surface area contributed by atoms with Crippen LogP contribution >= 0.6 is 0 Å². The molecule has 1 amide bonds. The van der Waals surface area contributed by atoms with Gasteiger partial charge in [-0.05, 0) is 56.9 Å². The maximum absolute atomic E-state index is 14.6. The van der Waals surface area contributed by atoms with Crippen molar-refractivity contribution < 1.29 is 28.9 Å². The Hall–Kier alpha value is -3.63. The standard InChI is InChI=1S/C28H30FN3O6/c1-5-28(37)20-9-23-25-18(11-32(23)26(35)19(20)13-38-27(28)36)16(6-7-31(14(2)3)24(34)12-33)17-8-15(4)21(29)10-22(17)30-25/h8-10,14,33,37H,5-7,11-13H2,1-4H3/t28-/m0/s1. The van der Waals surface area contributed by atoms with E-state index in [1.165, 1.54) is 10.6 Å². The zero-order valence-electron chi connectivity index (χ0n) is 21.8. The lowest BCUT2D eigenvalue weighted by atomic mass is 9.86. The SMILES string of the molecule is CC[C@@]1(O)C(=O)OCc2c1cc1n(c2=O)Cc2c-1nc1cc(F)c(C)cc1c2CCN(C(=O)CO)C(C)C. The van der Waals surface area contributed by atoms with Crippen LogP contribution < -0.4 is 5.56 Å². The van der Waals surface area contributed by atoms with Gasteiger partial charge in [0.2, 0.25) is 5.91 Å². The fourth-order valence-corrected chi connectivity index (χ4v) is 5.57. The summed E-state index contributed by atoms with van der Waals surface area (Å²) in [6, 6.07) is 4.55. The summed E-state index contributed by atoms with van der Waals surface area (Å²) in [6.45, 7) is 6.69. The molecular formula is C28H30FN3O6. The molecule has 0 saturated carbocycles. The van der Waals surface area contributed by atoms with Crippen molar-refractivity contribution in [2.75, 3.05) is 13.2 Å². The number of aromatic nitrogens is 2. The molecule has 2 aromatic heterocycles. The number of ether oxygens (including phenoxy) is 1. The number of amides is 1. The quantitative estimate of drug-likeness (QED) is 0.372. The molecule has 3 aromatic rings. The Morgan fingerprint density at radius 1 is 1.26 bits per heavy atom. The van der Waals surface area contributed by atoms with Crippen LogP contribution in [0.5, 0.6) is 0 Å². The number of hydrogen-bond donors (Lipinski definition) is 2. The summed E-state index contributed by atoms with van der Waals surface area (Å²) in [5, 5.41) is 21.3. The lowest BCUT2D eigenvalue weighted by Crippen LogP contribution is -2.44. The Morgan fingerprint density at radius 2 is 2.00 bits per heavy atom. The van der Waals surface area contributed by atoms with E-state index in [1.807, 2.05) is 13.8 Å². The summed E-state index contributed by atoms with van der Waals surface area (Å²) < 4.78 is 21.3. The normalized spacial score (nSPS) is 17.8. The third-order valence-corrected chi connectivity index (χ3v) is 7.77. The second-order valence-electron chi connectivity index (χ2n) is 10.2. The van der Waals surface area contributed by atoms with Crippen LogP contribution in [0.2, 0.25) is 0 Å². The van der Waals surface area contributed by atoms with Crippen LogP contribution in [-0.2, 0) is 39.5 Å². The summed E-state index contributed by atoms with van der Waals surface area (Å²) in [4.78, 5) is 44.7. The predicted octanol–water partition coefficient (Wildman–Crippen LogP) is 2.30. The van der Waals surface area contributed by atoms with E-state index in [1.54, 1.807) is 30.9 Å². The van der Waals surface area contributed by atoms with Gasteiger partial charge in [-0.25, -0.2) is 14.2 Å². The molecule has 9 nitrogen and oxygen atoms in total. The number of esters is 1. The second-order valence-corrected chi connectivity index (χ2v) is 10.2. The van der Waals surface area contributed by atoms with Crippen molar-refractivity contribution in [3.05, 3.63) is 62.2 Å². The molecule has 0 unspecified atom stereocenters. The maximum atomic E-state index is 14.6. The highest BCUT2D eigenvalue weighted by atomic mass is 19.1. The number of nitrogens with zero attached hydrogens (tertiary/aromatic N) is 3. The smallest absolute Gasteiger partial charge is 0.343 e. The van der Waals surface area contributed by atoms with Gasteiger partial charge in [0.15, 0.2) is 5.60 Å². The molecular weight excluding hydrogens is 493 g/mol. The lowest BCUT2D eigenvalue weighted by Gasteiger charge is -2.31. The number of cyclic esters (lactones) is 1. The number of halogens is 1. The van der Waals surface area contributed by atoms with E-state index in [2.05, 4.69) is 0 Å². The minimum atomic E-state index is -1.95. The molecule has 0 saturated heterocycles. The number of benzene rings is 1. The Morgan fingerprint density at radius 3 is 2.66 bits per heavy atom. The first-order chi connectivity index (χ1) is 18.0. The van der Waals surface area contributed by atoms with Gasteiger partial charge in [-0.1, -0.05) is 6.92 Å². The largest absolute Gasteiger partial charge is 0.458 e. The van der Waals surface area contributed by atoms with E-state index in [0.29, 0.717) is 35.4 Å². The van der Waals surface area contributed by atoms with Crippen LogP contribution in [0.25, 0.3) is 22.3 Å². The van der Waals surface area contributed by atoms with Crippen LogP contribution in [0.15, 0.2) is 23.0 Å². The summed E-state index contributed by atoms with van der Waals surface area (Å²) >= 11 is 0. The van der Waals surface area contributed by atoms with Gasteiger partial charge >= 0.3 is 5.97 Å². The number of carbonyl (C=O) groups is 2. The zero-order valence-corrected chi connectivity index (χ0v) is 21.8. The molecule has 2 N–H and O–H groups in total. The van der Waals surface area contributed by atoms with Crippen molar-refractivity contribution >= 4 is 22.8 Å². The van der Waals surface area contributed by atoms with Gasteiger partial charge in [-0.3, -0.25) is 9.59 Å². The highest BCUT2D eigenvalue weighted by molar-refractivity contribution is 5.89. The zero-order chi connectivity index (χ0) is 27.5. The van der Waals surface area contributed by atoms with E-state index in [0.717, 1.165) is 16.5 Å². The molecule has 2 aliphatic rings. The summed E-state index contributed by atoms with van der Waals surface area (Å²) in [5.41, 5.74) is 1.42. The molecule has 1 aromatic carbocycles. The van der Waals surface area contributed by atoms with Gasteiger partial charge in [0.1, 0.15) is 19.0 Å². The van der Waals surface area contributed by atoms with Crippen molar-refractivity contribution in [1.29, 1.82) is 0 Å². The number of aryl methyl sites for hydroxylation is 1. The molecule has 200 valence electrons. The molecule has 0 aliphatic carbocycles.